The zero-order valence-electron chi connectivity index (χ0n) is 9.37. The van der Waals surface area contributed by atoms with Crippen LogP contribution in [-0.2, 0) is 0 Å². The fraction of sp³-hybridized carbons (Fsp3) is 0.250. The van der Waals surface area contributed by atoms with Crippen LogP contribution in [-0.4, -0.2) is 14.2 Å². The van der Waals surface area contributed by atoms with Gasteiger partial charge in [-0.2, -0.15) is 0 Å². The van der Waals surface area contributed by atoms with Crippen molar-refractivity contribution in [3.63, 3.8) is 0 Å². The number of hydrogen-bond acceptors (Lipinski definition) is 4. The summed E-state index contributed by atoms with van der Waals surface area (Å²) >= 11 is 0. The zero-order chi connectivity index (χ0) is 11.7. The van der Waals surface area contributed by atoms with Gasteiger partial charge in [-0.05, 0) is 18.6 Å². The molecule has 1 aromatic carbocycles. The maximum absolute atomic E-state index is 11.6. The monoisotopic (exact) mass is 220 g/mol. The van der Waals surface area contributed by atoms with Gasteiger partial charge in [0.05, 0.1) is 25.9 Å². The fourth-order valence-corrected chi connectivity index (χ4v) is 1.70. The van der Waals surface area contributed by atoms with Gasteiger partial charge < -0.3 is 13.9 Å². The molecule has 1 aromatic heterocycles. The van der Waals surface area contributed by atoms with Crippen molar-refractivity contribution >= 4 is 10.8 Å². The number of methoxy groups -OCH3 is 2. The summed E-state index contributed by atoms with van der Waals surface area (Å²) in [6.45, 7) is 1.86. The fourth-order valence-electron chi connectivity index (χ4n) is 1.70. The van der Waals surface area contributed by atoms with Gasteiger partial charge in [0.2, 0.25) is 0 Å². The Morgan fingerprint density at radius 1 is 1.19 bits per heavy atom. The standard InChI is InChI=1S/C12H12O4/c1-7-6-16-12(13)9-4-8(14-2)5-10(15-3)11(7)9/h4-6H,1-3H3. The molecule has 0 amide bonds. The van der Waals surface area contributed by atoms with Crippen LogP contribution in [0.25, 0.3) is 10.8 Å². The van der Waals surface area contributed by atoms with Crippen molar-refractivity contribution in [2.24, 2.45) is 0 Å². The highest BCUT2D eigenvalue weighted by Crippen LogP contribution is 2.31. The molecule has 0 fully saturated rings. The smallest absolute Gasteiger partial charge is 0.343 e. The van der Waals surface area contributed by atoms with E-state index in [-0.39, 0.29) is 0 Å². The Balaban J connectivity index is 2.94. The third kappa shape index (κ3) is 1.52. The van der Waals surface area contributed by atoms with E-state index in [2.05, 4.69) is 0 Å². The van der Waals surface area contributed by atoms with E-state index in [1.807, 2.05) is 6.92 Å². The van der Waals surface area contributed by atoms with Crippen LogP contribution in [0.5, 0.6) is 11.5 Å². The largest absolute Gasteiger partial charge is 0.497 e. The molecule has 4 heteroatoms. The highest BCUT2D eigenvalue weighted by Gasteiger charge is 2.11. The van der Waals surface area contributed by atoms with Crippen LogP contribution < -0.4 is 15.1 Å². The van der Waals surface area contributed by atoms with Gasteiger partial charge in [0.25, 0.3) is 0 Å². The normalized spacial score (nSPS) is 10.4. The summed E-state index contributed by atoms with van der Waals surface area (Å²) in [4.78, 5) is 11.6. The lowest BCUT2D eigenvalue weighted by molar-refractivity contribution is 0.397. The predicted molar refractivity (Wildman–Crippen MR) is 60.3 cm³/mol. The molecule has 0 N–H and O–H groups in total. The Hall–Kier alpha value is -1.97. The van der Waals surface area contributed by atoms with Gasteiger partial charge in [0.1, 0.15) is 11.5 Å². The van der Waals surface area contributed by atoms with Crippen LogP contribution >= 0.6 is 0 Å². The molecule has 0 aliphatic rings. The maximum atomic E-state index is 11.6. The molecule has 0 saturated carbocycles. The van der Waals surface area contributed by atoms with Crippen molar-refractivity contribution < 1.29 is 13.9 Å². The van der Waals surface area contributed by atoms with Crippen LogP contribution in [0.15, 0.2) is 27.6 Å². The number of hydrogen-bond donors (Lipinski definition) is 0. The first-order valence-electron chi connectivity index (χ1n) is 4.81. The molecule has 2 aromatic rings. The average Bonchev–Trinajstić information content (AvgIpc) is 2.32. The van der Waals surface area contributed by atoms with Gasteiger partial charge in [-0.1, -0.05) is 0 Å². The highest BCUT2D eigenvalue weighted by atomic mass is 16.5. The van der Waals surface area contributed by atoms with Crippen LogP contribution in [0, 0.1) is 6.92 Å². The minimum Gasteiger partial charge on any atom is -0.497 e. The minimum atomic E-state index is -0.391. The Morgan fingerprint density at radius 2 is 1.94 bits per heavy atom. The van der Waals surface area contributed by atoms with Gasteiger partial charge in [0, 0.05) is 11.5 Å². The van der Waals surface area contributed by atoms with Crippen LogP contribution in [0.3, 0.4) is 0 Å². The van der Waals surface area contributed by atoms with Crippen LogP contribution in [0.2, 0.25) is 0 Å². The molecular weight excluding hydrogens is 208 g/mol. The summed E-state index contributed by atoms with van der Waals surface area (Å²) < 4.78 is 15.2. The van der Waals surface area contributed by atoms with Gasteiger partial charge in [-0.25, -0.2) is 4.79 Å². The molecule has 0 atom stereocenters. The summed E-state index contributed by atoms with van der Waals surface area (Å²) in [7, 11) is 3.10. The molecule has 0 aliphatic carbocycles. The number of benzene rings is 1. The van der Waals surface area contributed by atoms with Gasteiger partial charge in [-0.15, -0.1) is 0 Å². The van der Waals surface area contributed by atoms with Crippen LogP contribution in [0.4, 0.5) is 0 Å². The molecule has 0 radical (unpaired) electrons. The Bertz CT molecular complexity index is 583. The Labute approximate surface area is 92.4 Å². The first-order chi connectivity index (χ1) is 7.67. The molecular formula is C12H12O4. The van der Waals surface area contributed by atoms with E-state index >= 15 is 0 Å². The first-order valence-corrected chi connectivity index (χ1v) is 4.81. The lowest BCUT2D eigenvalue weighted by Crippen LogP contribution is -2.02. The highest BCUT2D eigenvalue weighted by molar-refractivity contribution is 5.91. The zero-order valence-corrected chi connectivity index (χ0v) is 9.37. The second-order valence-corrected chi connectivity index (χ2v) is 3.46. The number of rotatable bonds is 2. The summed E-state index contributed by atoms with van der Waals surface area (Å²) in [5, 5.41) is 1.23. The van der Waals surface area contributed by atoms with Crippen LogP contribution in [0.1, 0.15) is 5.56 Å². The minimum absolute atomic E-state index is 0.391. The van der Waals surface area contributed by atoms with E-state index in [1.165, 1.54) is 13.4 Å². The quantitative estimate of drug-likeness (QED) is 0.777. The molecule has 0 unspecified atom stereocenters. The van der Waals surface area contributed by atoms with E-state index in [4.69, 9.17) is 13.9 Å². The predicted octanol–water partition coefficient (Wildman–Crippen LogP) is 2.12. The summed E-state index contributed by atoms with van der Waals surface area (Å²) in [5.41, 5.74) is 0.465. The topological polar surface area (TPSA) is 48.7 Å². The van der Waals surface area contributed by atoms with Gasteiger partial charge in [0.15, 0.2) is 0 Å². The third-order valence-corrected chi connectivity index (χ3v) is 2.49. The Morgan fingerprint density at radius 3 is 2.56 bits per heavy atom. The van der Waals surface area contributed by atoms with E-state index in [0.717, 1.165) is 10.9 Å². The maximum Gasteiger partial charge on any atom is 0.343 e. The second-order valence-electron chi connectivity index (χ2n) is 3.46. The number of fused-ring (bicyclic) bond motifs is 1. The molecule has 4 nitrogen and oxygen atoms in total. The molecule has 0 aliphatic heterocycles. The number of aryl methyl sites for hydroxylation is 1. The van der Waals surface area contributed by atoms with Crippen molar-refractivity contribution in [3.8, 4) is 11.5 Å². The van der Waals surface area contributed by atoms with Crippen molar-refractivity contribution in [1.29, 1.82) is 0 Å². The molecule has 0 saturated heterocycles. The molecule has 84 valence electrons. The molecule has 2 rings (SSSR count). The lowest BCUT2D eigenvalue weighted by Gasteiger charge is -2.09. The summed E-state index contributed by atoms with van der Waals surface area (Å²) in [6, 6.07) is 3.39. The summed E-state index contributed by atoms with van der Waals surface area (Å²) in [5.74, 6) is 1.18. The SMILES string of the molecule is COc1cc(OC)c2c(C)coc(=O)c2c1. The second kappa shape index (κ2) is 3.89. The van der Waals surface area contributed by atoms with E-state index in [9.17, 15) is 4.79 Å². The Kier molecular flexibility index (Phi) is 2.56. The number of ether oxygens (including phenoxy) is 2. The molecule has 16 heavy (non-hydrogen) atoms. The molecule has 0 spiro atoms. The molecule has 1 heterocycles. The van der Waals surface area contributed by atoms with E-state index in [0.29, 0.717) is 16.9 Å². The van der Waals surface area contributed by atoms with E-state index < -0.39 is 5.63 Å². The van der Waals surface area contributed by atoms with Gasteiger partial charge >= 0.3 is 5.63 Å². The van der Waals surface area contributed by atoms with Gasteiger partial charge in [-0.3, -0.25) is 0 Å². The van der Waals surface area contributed by atoms with Crippen molar-refractivity contribution in [2.75, 3.05) is 14.2 Å². The van der Waals surface area contributed by atoms with Crippen molar-refractivity contribution in [1.82, 2.24) is 0 Å². The summed E-state index contributed by atoms with van der Waals surface area (Å²) in [6.07, 6.45) is 1.43. The average molecular weight is 220 g/mol. The van der Waals surface area contributed by atoms with E-state index in [1.54, 1.807) is 19.2 Å². The first kappa shape index (κ1) is 10.5. The lowest BCUT2D eigenvalue weighted by atomic mass is 10.1. The third-order valence-electron chi connectivity index (χ3n) is 2.49. The van der Waals surface area contributed by atoms with Crippen molar-refractivity contribution in [3.05, 3.63) is 34.4 Å². The molecule has 0 bridgehead atoms. The van der Waals surface area contributed by atoms with Crippen molar-refractivity contribution in [2.45, 2.75) is 6.92 Å².